The van der Waals surface area contributed by atoms with E-state index in [-0.39, 0.29) is 0 Å². The van der Waals surface area contributed by atoms with E-state index in [1.165, 1.54) is 23.1 Å². The molecule has 5 rings (SSSR count). The third-order valence-corrected chi connectivity index (χ3v) is 6.13. The topological polar surface area (TPSA) is 34.0 Å². The highest BCUT2D eigenvalue weighted by molar-refractivity contribution is 6.02. The second kappa shape index (κ2) is 7.60. The number of hydrogen-bond donors (Lipinski definition) is 0. The van der Waals surface area contributed by atoms with Crippen molar-refractivity contribution in [3.05, 3.63) is 72.7 Å². The van der Waals surface area contributed by atoms with Crippen molar-refractivity contribution in [3.63, 3.8) is 0 Å². The van der Waals surface area contributed by atoms with Gasteiger partial charge in [-0.05, 0) is 42.9 Å². The highest BCUT2D eigenvalue weighted by Crippen LogP contribution is 2.38. The molecule has 4 heteroatoms. The highest BCUT2D eigenvalue weighted by Gasteiger charge is 2.26. The van der Waals surface area contributed by atoms with Gasteiger partial charge in [0.05, 0.1) is 5.39 Å². The van der Waals surface area contributed by atoms with E-state index < -0.39 is 0 Å². The van der Waals surface area contributed by atoms with Crippen LogP contribution in [0.3, 0.4) is 0 Å². The Morgan fingerprint density at radius 1 is 0.867 bits per heavy atom. The lowest BCUT2D eigenvalue weighted by Crippen LogP contribution is -2.39. The van der Waals surface area contributed by atoms with Gasteiger partial charge in [0, 0.05) is 30.5 Å². The number of rotatable bonds is 3. The van der Waals surface area contributed by atoms with E-state index >= 15 is 0 Å². The van der Waals surface area contributed by atoms with Crippen LogP contribution in [-0.2, 0) is 0 Å². The van der Waals surface area contributed by atoms with Crippen LogP contribution in [0.2, 0.25) is 0 Å². The van der Waals surface area contributed by atoms with Crippen molar-refractivity contribution in [2.45, 2.75) is 27.2 Å². The zero-order valence-electron chi connectivity index (χ0n) is 17.9. The minimum absolute atomic E-state index is 0.665. The second-order valence-corrected chi connectivity index (χ2v) is 8.86. The van der Waals surface area contributed by atoms with Gasteiger partial charge in [-0.2, -0.15) is 0 Å². The number of hydrogen-bond acceptors (Lipinski definition) is 3. The summed E-state index contributed by atoms with van der Waals surface area (Å²) in [5.41, 5.74) is 5.73. The predicted octanol–water partition coefficient (Wildman–Crippen LogP) is 5.88. The molecule has 2 atom stereocenters. The second-order valence-electron chi connectivity index (χ2n) is 8.86. The van der Waals surface area contributed by atoms with E-state index in [0.29, 0.717) is 11.8 Å². The Balaban J connectivity index is 1.75. The number of piperidine rings is 1. The molecule has 3 heterocycles. The third-order valence-electron chi connectivity index (χ3n) is 6.13. The number of nitrogens with zero attached hydrogens (tertiary/aromatic N) is 4. The molecule has 2 aromatic carbocycles. The highest BCUT2D eigenvalue weighted by atomic mass is 15.2. The molecule has 0 spiro atoms. The number of aryl methyl sites for hydroxylation is 1. The largest absolute Gasteiger partial charge is 0.355 e. The van der Waals surface area contributed by atoms with Gasteiger partial charge in [-0.25, -0.2) is 9.97 Å². The lowest BCUT2D eigenvalue weighted by atomic mass is 9.91. The minimum Gasteiger partial charge on any atom is -0.355 e. The Labute approximate surface area is 178 Å². The van der Waals surface area contributed by atoms with Gasteiger partial charge < -0.3 is 9.47 Å². The molecule has 1 aliphatic heterocycles. The maximum atomic E-state index is 4.81. The molecule has 0 aliphatic carbocycles. The van der Waals surface area contributed by atoms with Gasteiger partial charge in [-0.3, -0.25) is 0 Å². The summed E-state index contributed by atoms with van der Waals surface area (Å²) in [6, 6.07) is 19.2. The molecule has 4 nitrogen and oxygen atoms in total. The Morgan fingerprint density at radius 2 is 1.57 bits per heavy atom. The van der Waals surface area contributed by atoms with Crippen LogP contribution < -0.4 is 4.90 Å². The molecule has 0 N–H and O–H groups in total. The van der Waals surface area contributed by atoms with Crippen LogP contribution in [0.25, 0.3) is 27.8 Å². The zero-order chi connectivity index (χ0) is 20.7. The first-order valence-corrected chi connectivity index (χ1v) is 10.8. The first-order valence-electron chi connectivity index (χ1n) is 10.8. The van der Waals surface area contributed by atoms with Crippen molar-refractivity contribution in [1.29, 1.82) is 0 Å². The number of benzene rings is 2. The molecule has 1 aliphatic rings. The maximum absolute atomic E-state index is 4.81. The van der Waals surface area contributed by atoms with E-state index in [1.54, 1.807) is 6.33 Å². The van der Waals surface area contributed by atoms with Gasteiger partial charge in [0.25, 0.3) is 0 Å². The smallest absolute Gasteiger partial charge is 0.150 e. The molecule has 0 unspecified atom stereocenters. The van der Waals surface area contributed by atoms with E-state index in [4.69, 9.17) is 9.97 Å². The average molecular weight is 397 g/mol. The zero-order valence-corrected chi connectivity index (χ0v) is 17.9. The Bertz CT molecular complexity index is 1150. The molecular weight excluding hydrogens is 368 g/mol. The van der Waals surface area contributed by atoms with Gasteiger partial charge in [0.2, 0.25) is 0 Å². The fraction of sp³-hybridized carbons (Fsp3) is 0.308. The summed E-state index contributed by atoms with van der Waals surface area (Å²) >= 11 is 0. The molecule has 4 aromatic rings. The van der Waals surface area contributed by atoms with Crippen LogP contribution in [0.15, 0.2) is 67.1 Å². The molecule has 0 bridgehead atoms. The quantitative estimate of drug-likeness (QED) is 0.434. The summed E-state index contributed by atoms with van der Waals surface area (Å²) in [5, 5.41) is 1.14. The summed E-state index contributed by atoms with van der Waals surface area (Å²) in [4.78, 5) is 12.0. The van der Waals surface area contributed by atoms with Crippen molar-refractivity contribution in [3.8, 4) is 16.8 Å². The van der Waals surface area contributed by atoms with E-state index in [2.05, 4.69) is 91.0 Å². The molecule has 152 valence electrons. The van der Waals surface area contributed by atoms with Crippen LogP contribution in [-0.4, -0.2) is 27.6 Å². The van der Waals surface area contributed by atoms with E-state index in [0.717, 1.165) is 35.6 Å². The summed E-state index contributed by atoms with van der Waals surface area (Å²) in [6.45, 7) is 8.89. The summed E-state index contributed by atoms with van der Waals surface area (Å²) in [6.07, 6.45) is 5.22. The van der Waals surface area contributed by atoms with Crippen LogP contribution in [0.1, 0.15) is 25.8 Å². The van der Waals surface area contributed by atoms with Crippen LogP contribution in [0.4, 0.5) is 5.82 Å². The molecule has 0 amide bonds. The van der Waals surface area contributed by atoms with Crippen LogP contribution in [0, 0.1) is 18.8 Å². The van der Waals surface area contributed by atoms with E-state index in [9.17, 15) is 0 Å². The minimum atomic E-state index is 0.665. The molecular formula is C26H28N4. The van der Waals surface area contributed by atoms with Gasteiger partial charge in [-0.15, -0.1) is 0 Å². The third kappa shape index (κ3) is 3.36. The Morgan fingerprint density at radius 3 is 2.27 bits per heavy atom. The fourth-order valence-corrected chi connectivity index (χ4v) is 4.86. The van der Waals surface area contributed by atoms with Gasteiger partial charge in [-0.1, -0.05) is 61.9 Å². The van der Waals surface area contributed by atoms with Crippen LogP contribution >= 0.6 is 0 Å². The predicted molar refractivity (Wildman–Crippen MR) is 124 cm³/mol. The molecule has 0 saturated carbocycles. The average Bonchev–Trinajstić information content (AvgIpc) is 3.14. The first kappa shape index (κ1) is 18.9. The number of aromatic nitrogens is 3. The summed E-state index contributed by atoms with van der Waals surface area (Å²) in [7, 11) is 0. The van der Waals surface area contributed by atoms with Gasteiger partial charge in [0.15, 0.2) is 5.65 Å². The fourth-order valence-electron chi connectivity index (χ4n) is 4.86. The lowest BCUT2D eigenvalue weighted by molar-refractivity contribution is 0.356. The van der Waals surface area contributed by atoms with Crippen molar-refractivity contribution < 1.29 is 0 Å². The molecule has 1 saturated heterocycles. The number of fused-ring (bicyclic) bond motifs is 1. The monoisotopic (exact) mass is 396 g/mol. The summed E-state index contributed by atoms with van der Waals surface area (Å²) in [5.74, 6) is 2.39. The Hall–Kier alpha value is -3.14. The van der Waals surface area contributed by atoms with Gasteiger partial charge >= 0.3 is 0 Å². The van der Waals surface area contributed by atoms with Crippen LogP contribution in [0.5, 0.6) is 0 Å². The van der Waals surface area contributed by atoms with Crippen molar-refractivity contribution in [2.24, 2.45) is 11.8 Å². The summed E-state index contributed by atoms with van der Waals surface area (Å²) < 4.78 is 2.21. The normalized spacial score (nSPS) is 19.4. The first-order chi connectivity index (χ1) is 14.6. The van der Waals surface area contributed by atoms with E-state index in [1.807, 2.05) is 0 Å². The number of anilines is 1. The lowest BCUT2D eigenvalue weighted by Gasteiger charge is -2.36. The molecule has 30 heavy (non-hydrogen) atoms. The SMILES string of the molecule is Cc1ccc(-n2cc(-c3ccccc3)c3c(N4C[C@H](C)C[C@H](C)C4)ncnc32)cc1. The Kier molecular flexibility index (Phi) is 4.78. The van der Waals surface area contributed by atoms with Crippen molar-refractivity contribution in [1.82, 2.24) is 14.5 Å². The van der Waals surface area contributed by atoms with Crippen molar-refractivity contribution in [2.75, 3.05) is 18.0 Å². The molecule has 2 aromatic heterocycles. The maximum Gasteiger partial charge on any atom is 0.150 e. The van der Waals surface area contributed by atoms with Gasteiger partial charge in [0.1, 0.15) is 12.1 Å². The van der Waals surface area contributed by atoms with Crippen molar-refractivity contribution >= 4 is 16.9 Å². The molecule has 1 fully saturated rings. The standard InChI is InChI=1S/C26H28N4/c1-18-9-11-22(12-10-18)30-16-23(21-7-5-4-6-8-21)24-25(27-17-28-26(24)30)29-14-19(2)13-20(3)15-29/h4-12,16-17,19-20H,13-15H2,1-3H3/t19-,20+. The molecule has 0 radical (unpaired) electrons.